The molecule has 28 heavy (non-hydrogen) atoms. The maximum absolute atomic E-state index is 12.8. The van der Waals surface area contributed by atoms with Gasteiger partial charge in [-0.25, -0.2) is 0 Å². The van der Waals surface area contributed by atoms with E-state index in [0.717, 1.165) is 17.0 Å². The van der Waals surface area contributed by atoms with Gasteiger partial charge in [-0.15, -0.1) is 0 Å². The number of aryl methyl sites for hydroxylation is 1. The molecule has 0 saturated heterocycles. The van der Waals surface area contributed by atoms with Crippen LogP contribution in [0.4, 0.5) is 5.69 Å². The van der Waals surface area contributed by atoms with Crippen molar-refractivity contribution in [3.05, 3.63) is 94.5 Å². The number of carbonyl (C=O) groups excluding carboxylic acids is 1. The second-order valence-corrected chi connectivity index (χ2v) is 7.14. The van der Waals surface area contributed by atoms with Crippen LogP contribution in [0.15, 0.2) is 72.8 Å². The van der Waals surface area contributed by atoms with Gasteiger partial charge in [0.1, 0.15) is 5.75 Å². The van der Waals surface area contributed by atoms with E-state index < -0.39 is 0 Å². The van der Waals surface area contributed by atoms with Gasteiger partial charge in [-0.1, -0.05) is 41.4 Å². The van der Waals surface area contributed by atoms with E-state index >= 15 is 0 Å². The number of benzene rings is 3. The second kappa shape index (κ2) is 9.43. The Balaban J connectivity index is 1.83. The number of anilines is 1. The number of nitrogens with one attached hydrogen (secondary N) is 1. The molecule has 0 fully saturated rings. The van der Waals surface area contributed by atoms with E-state index in [0.29, 0.717) is 23.6 Å². The van der Waals surface area contributed by atoms with Gasteiger partial charge in [0, 0.05) is 22.7 Å². The minimum Gasteiger partial charge on any atom is -0.494 e. The Morgan fingerprint density at radius 2 is 1.61 bits per heavy atom. The lowest BCUT2D eigenvalue weighted by atomic mass is 9.97. The summed E-state index contributed by atoms with van der Waals surface area (Å²) in [4.78, 5) is 12.8. The highest BCUT2D eigenvalue weighted by molar-refractivity contribution is 6.30. The molecule has 0 aromatic heterocycles. The molecule has 3 aromatic rings. The SMILES string of the molecule is CCOc1ccc(C(CC(=O)c2ccc(Cl)cc2)Nc2ccc(C)cc2)cc1. The monoisotopic (exact) mass is 393 g/mol. The van der Waals surface area contributed by atoms with Crippen molar-refractivity contribution in [2.24, 2.45) is 0 Å². The largest absolute Gasteiger partial charge is 0.494 e. The Kier molecular flexibility index (Phi) is 6.72. The van der Waals surface area contributed by atoms with E-state index in [1.54, 1.807) is 24.3 Å². The standard InChI is InChI=1S/C24H24ClNO2/c1-3-28-22-14-8-18(9-15-22)23(26-21-12-4-17(2)5-13-21)16-24(27)19-6-10-20(25)11-7-19/h4-15,23,26H,3,16H2,1-2H3. The summed E-state index contributed by atoms with van der Waals surface area (Å²) in [6, 6.07) is 22.9. The Labute approximate surface area is 171 Å². The first-order valence-electron chi connectivity index (χ1n) is 9.40. The lowest BCUT2D eigenvalue weighted by Crippen LogP contribution is -2.16. The summed E-state index contributed by atoms with van der Waals surface area (Å²) in [5.41, 5.74) is 3.87. The predicted octanol–water partition coefficient (Wildman–Crippen LogP) is 6.47. The maximum Gasteiger partial charge on any atom is 0.165 e. The van der Waals surface area contributed by atoms with Crippen molar-refractivity contribution < 1.29 is 9.53 Å². The van der Waals surface area contributed by atoms with Gasteiger partial charge in [0.15, 0.2) is 5.78 Å². The van der Waals surface area contributed by atoms with Crippen LogP contribution in [0.25, 0.3) is 0 Å². The summed E-state index contributed by atoms with van der Waals surface area (Å²) >= 11 is 5.94. The summed E-state index contributed by atoms with van der Waals surface area (Å²) in [6.45, 7) is 4.64. The first-order valence-corrected chi connectivity index (χ1v) is 9.77. The topological polar surface area (TPSA) is 38.3 Å². The summed E-state index contributed by atoms with van der Waals surface area (Å²) in [5, 5.41) is 4.12. The Hall–Kier alpha value is -2.78. The number of halogens is 1. The van der Waals surface area contributed by atoms with Gasteiger partial charge in [-0.05, 0) is 67.9 Å². The van der Waals surface area contributed by atoms with Crippen molar-refractivity contribution in [2.75, 3.05) is 11.9 Å². The molecule has 0 saturated carbocycles. The van der Waals surface area contributed by atoms with Crippen LogP contribution < -0.4 is 10.1 Å². The van der Waals surface area contributed by atoms with Gasteiger partial charge in [0.2, 0.25) is 0 Å². The summed E-state index contributed by atoms with van der Waals surface area (Å²) in [7, 11) is 0. The molecule has 3 nitrogen and oxygen atoms in total. The molecule has 0 spiro atoms. The van der Waals surface area contributed by atoms with E-state index in [2.05, 4.69) is 24.4 Å². The van der Waals surface area contributed by atoms with Gasteiger partial charge in [-0.3, -0.25) is 4.79 Å². The van der Waals surface area contributed by atoms with E-state index in [9.17, 15) is 4.79 Å². The van der Waals surface area contributed by atoms with Gasteiger partial charge < -0.3 is 10.1 Å². The minimum absolute atomic E-state index is 0.0650. The summed E-state index contributed by atoms with van der Waals surface area (Å²) < 4.78 is 5.53. The van der Waals surface area contributed by atoms with Gasteiger partial charge in [-0.2, -0.15) is 0 Å². The molecule has 3 rings (SSSR count). The van der Waals surface area contributed by atoms with E-state index in [-0.39, 0.29) is 11.8 Å². The lowest BCUT2D eigenvalue weighted by Gasteiger charge is -2.20. The maximum atomic E-state index is 12.8. The minimum atomic E-state index is -0.151. The molecule has 1 unspecified atom stereocenters. The molecular weight excluding hydrogens is 370 g/mol. The third-order valence-corrected chi connectivity index (χ3v) is 4.79. The van der Waals surface area contributed by atoms with Crippen LogP contribution in [-0.2, 0) is 0 Å². The van der Waals surface area contributed by atoms with Crippen LogP contribution in [0, 0.1) is 6.92 Å². The van der Waals surface area contributed by atoms with Gasteiger partial charge in [0.25, 0.3) is 0 Å². The fraction of sp³-hybridized carbons (Fsp3) is 0.208. The lowest BCUT2D eigenvalue weighted by molar-refractivity contribution is 0.0976. The van der Waals surface area contributed by atoms with Crippen LogP contribution in [0.2, 0.25) is 5.02 Å². The highest BCUT2D eigenvalue weighted by Gasteiger charge is 2.18. The molecule has 0 aliphatic carbocycles. The predicted molar refractivity (Wildman–Crippen MR) is 116 cm³/mol. The number of Topliss-reactive ketones (excluding diaryl/α,β-unsaturated/α-hetero) is 1. The van der Waals surface area contributed by atoms with Crippen molar-refractivity contribution in [2.45, 2.75) is 26.3 Å². The van der Waals surface area contributed by atoms with Crippen LogP contribution in [0.3, 0.4) is 0 Å². The van der Waals surface area contributed by atoms with Crippen molar-refractivity contribution in [1.29, 1.82) is 0 Å². The van der Waals surface area contributed by atoms with Crippen molar-refractivity contribution in [1.82, 2.24) is 0 Å². The normalized spacial score (nSPS) is 11.7. The highest BCUT2D eigenvalue weighted by Crippen LogP contribution is 2.27. The molecule has 1 atom stereocenters. The molecule has 1 N–H and O–H groups in total. The number of ketones is 1. The molecule has 3 aromatic carbocycles. The number of hydrogen-bond donors (Lipinski definition) is 1. The molecule has 0 heterocycles. The first kappa shape index (κ1) is 20.0. The van der Waals surface area contributed by atoms with Crippen molar-refractivity contribution in [3.63, 3.8) is 0 Å². The fourth-order valence-corrected chi connectivity index (χ4v) is 3.13. The number of hydrogen-bond acceptors (Lipinski definition) is 3. The average molecular weight is 394 g/mol. The molecular formula is C24H24ClNO2. The zero-order chi connectivity index (χ0) is 19.9. The molecule has 144 valence electrons. The van der Waals surface area contributed by atoms with Crippen LogP contribution >= 0.6 is 11.6 Å². The average Bonchev–Trinajstić information content (AvgIpc) is 2.70. The third kappa shape index (κ3) is 5.37. The number of rotatable bonds is 8. The van der Waals surface area contributed by atoms with Crippen LogP contribution in [0.5, 0.6) is 5.75 Å². The van der Waals surface area contributed by atoms with E-state index in [1.165, 1.54) is 5.56 Å². The van der Waals surface area contributed by atoms with Crippen LogP contribution in [-0.4, -0.2) is 12.4 Å². The molecule has 4 heteroatoms. The molecule has 0 radical (unpaired) electrons. The van der Waals surface area contributed by atoms with Crippen LogP contribution in [0.1, 0.15) is 40.9 Å². The second-order valence-electron chi connectivity index (χ2n) is 6.70. The van der Waals surface area contributed by atoms with Gasteiger partial charge >= 0.3 is 0 Å². The highest BCUT2D eigenvalue weighted by atomic mass is 35.5. The third-order valence-electron chi connectivity index (χ3n) is 4.54. The van der Waals surface area contributed by atoms with E-state index in [1.807, 2.05) is 43.3 Å². The molecule has 0 amide bonds. The summed E-state index contributed by atoms with van der Waals surface area (Å²) in [5.74, 6) is 0.888. The Bertz CT molecular complexity index is 903. The first-order chi connectivity index (χ1) is 13.5. The number of carbonyl (C=O) groups is 1. The number of ether oxygens (including phenoxy) is 1. The van der Waals surface area contributed by atoms with Crippen molar-refractivity contribution >= 4 is 23.1 Å². The quantitative estimate of drug-likeness (QED) is 0.445. The molecule has 0 aliphatic rings. The Morgan fingerprint density at radius 3 is 2.21 bits per heavy atom. The summed E-state index contributed by atoms with van der Waals surface area (Å²) in [6.07, 6.45) is 0.337. The smallest absolute Gasteiger partial charge is 0.165 e. The zero-order valence-electron chi connectivity index (χ0n) is 16.1. The zero-order valence-corrected chi connectivity index (χ0v) is 16.9. The molecule has 0 aliphatic heterocycles. The van der Waals surface area contributed by atoms with Gasteiger partial charge in [0.05, 0.1) is 12.6 Å². The van der Waals surface area contributed by atoms with E-state index in [4.69, 9.17) is 16.3 Å². The van der Waals surface area contributed by atoms with Crippen molar-refractivity contribution in [3.8, 4) is 5.75 Å². The molecule has 0 bridgehead atoms. The fourth-order valence-electron chi connectivity index (χ4n) is 3.01. The Morgan fingerprint density at radius 1 is 0.964 bits per heavy atom.